The molecule has 120 valence electrons. The van der Waals surface area contributed by atoms with Gasteiger partial charge < -0.3 is 5.32 Å². The summed E-state index contributed by atoms with van der Waals surface area (Å²) in [5.74, 6) is 0.944. The van der Waals surface area contributed by atoms with E-state index in [1.54, 1.807) is 6.33 Å². The van der Waals surface area contributed by atoms with Crippen molar-refractivity contribution in [2.24, 2.45) is 0 Å². The van der Waals surface area contributed by atoms with Gasteiger partial charge in [-0.05, 0) is 25.3 Å². The summed E-state index contributed by atoms with van der Waals surface area (Å²) in [5, 5.41) is 3.53. The minimum absolute atomic E-state index is 0.513. The number of aromatic nitrogens is 2. The van der Waals surface area contributed by atoms with Crippen molar-refractivity contribution in [1.29, 1.82) is 0 Å². The largest absolute Gasteiger partial charge is 0.367 e. The topological polar surface area (TPSA) is 41.0 Å². The highest BCUT2D eigenvalue weighted by Gasteiger charge is 2.18. The van der Waals surface area contributed by atoms with Gasteiger partial charge in [-0.25, -0.2) is 9.97 Å². The maximum atomic E-state index is 4.29. The molecule has 3 rings (SSSR count). The average molecular weight is 308 g/mol. The standard InChI is InChI=1S/C19H24N4/c1-16-14-19(21-15-20-16)22-18-9-12-23(13-10-18)11-5-8-17-6-3-2-4-7-17/h2-8,14-15,18H,9-13H2,1H3,(H,20,21,22)/b8-5+. The van der Waals surface area contributed by atoms with Gasteiger partial charge in [0.2, 0.25) is 0 Å². The van der Waals surface area contributed by atoms with Gasteiger partial charge in [0, 0.05) is 37.4 Å². The Labute approximate surface area is 138 Å². The van der Waals surface area contributed by atoms with E-state index in [4.69, 9.17) is 0 Å². The van der Waals surface area contributed by atoms with Crippen LogP contribution in [0.25, 0.3) is 6.08 Å². The quantitative estimate of drug-likeness (QED) is 0.919. The number of nitrogens with one attached hydrogen (secondary N) is 1. The molecule has 1 fully saturated rings. The summed E-state index contributed by atoms with van der Waals surface area (Å²) >= 11 is 0. The zero-order valence-corrected chi connectivity index (χ0v) is 13.7. The maximum Gasteiger partial charge on any atom is 0.129 e. The highest BCUT2D eigenvalue weighted by atomic mass is 15.1. The Balaban J connectivity index is 1.42. The molecule has 2 heterocycles. The highest BCUT2D eigenvalue weighted by Crippen LogP contribution is 2.15. The fourth-order valence-corrected chi connectivity index (χ4v) is 2.90. The van der Waals surface area contributed by atoms with Gasteiger partial charge in [0.15, 0.2) is 0 Å². The SMILES string of the molecule is Cc1cc(NC2CCN(C/C=C/c3ccccc3)CC2)ncn1. The van der Waals surface area contributed by atoms with Gasteiger partial charge in [0.25, 0.3) is 0 Å². The molecule has 0 saturated carbocycles. The van der Waals surface area contributed by atoms with Gasteiger partial charge in [-0.1, -0.05) is 42.5 Å². The van der Waals surface area contributed by atoms with Gasteiger partial charge in [-0.2, -0.15) is 0 Å². The molecule has 0 atom stereocenters. The number of benzene rings is 1. The van der Waals surface area contributed by atoms with Gasteiger partial charge in [-0.15, -0.1) is 0 Å². The molecule has 4 nitrogen and oxygen atoms in total. The summed E-state index contributed by atoms with van der Waals surface area (Å²) in [6.45, 7) is 5.27. The molecule has 1 aliphatic heterocycles. The maximum absolute atomic E-state index is 4.29. The van der Waals surface area contributed by atoms with Crippen LogP contribution in [0.3, 0.4) is 0 Å². The number of aryl methyl sites for hydroxylation is 1. The Morgan fingerprint density at radius 1 is 1.17 bits per heavy atom. The molecule has 0 amide bonds. The fraction of sp³-hybridized carbons (Fsp3) is 0.368. The Bertz CT molecular complexity index is 631. The van der Waals surface area contributed by atoms with E-state index >= 15 is 0 Å². The van der Waals surface area contributed by atoms with Crippen molar-refractivity contribution in [2.45, 2.75) is 25.8 Å². The fourth-order valence-electron chi connectivity index (χ4n) is 2.90. The molecule has 1 saturated heterocycles. The van der Waals surface area contributed by atoms with E-state index < -0.39 is 0 Å². The molecular formula is C19H24N4. The summed E-state index contributed by atoms with van der Waals surface area (Å²) in [7, 11) is 0. The second-order valence-corrected chi connectivity index (χ2v) is 6.08. The first-order valence-electron chi connectivity index (χ1n) is 8.29. The van der Waals surface area contributed by atoms with Crippen LogP contribution in [0, 0.1) is 6.92 Å². The van der Waals surface area contributed by atoms with Crippen molar-refractivity contribution < 1.29 is 0 Å². The predicted octanol–water partition coefficient (Wildman–Crippen LogP) is 3.37. The van der Waals surface area contributed by atoms with E-state index in [9.17, 15) is 0 Å². The van der Waals surface area contributed by atoms with Gasteiger partial charge in [0.05, 0.1) is 0 Å². The molecule has 1 aliphatic rings. The minimum Gasteiger partial charge on any atom is -0.367 e. The van der Waals surface area contributed by atoms with Crippen LogP contribution in [0.4, 0.5) is 5.82 Å². The van der Waals surface area contributed by atoms with Crippen molar-refractivity contribution in [2.75, 3.05) is 25.0 Å². The molecule has 23 heavy (non-hydrogen) atoms. The van der Waals surface area contributed by atoms with Crippen molar-refractivity contribution in [1.82, 2.24) is 14.9 Å². The molecule has 1 N–H and O–H groups in total. The predicted molar refractivity (Wildman–Crippen MR) is 95.3 cm³/mol. The van der Waals surface area contributed by atoms with Crippen molar-refractivity contribution >= 4 is 11.9 Å². The number of hydrogen-bond acceptors (Lipinski definition) is 4. The molecule has 2 aromatic rings. The first-order valence-corrected chi connectivity index (χ1v) is 8.29. The van der Waals surface area contributed by atoms with Crippen LogP contribution >= 0.6 is 0 Å². The summed E-state index contributed by atoms with van der Waals surface area (Å²) in [6.07, 6.45) is 8.40. The van der Waals surface area contributed by atoms with Crippen LogP contribution in [0.5, 0.6) is 0 Å². The van der Waals surface area contributed by atoms with Crippen LogP contribution in [0.15, 0.2) is 48.8 Å². The van der Waals surface area contributed by atoms with Crippen molar-refractivity contribution in [3.05, 3.63) is 60.1 Å². The molecule has 0 unspecified atom stereocenters. The van der Waals surface area contributed by atoms with E-state index in [0.717, 1.165) is 44.0 Å². The molecule has 0 radical (unpaired) electrons. The zero-order chi connectivity index (χ0) is 15.9. The molecule has 0 bridgehead atoms. The number of piperidine rings is 1. The number of anilines is 1. The molecular weight excluding hydrogens is 284 g/mol. The lowest BCUT2D eigenvalue weighted by molar-refractivity contribution is 0.240. The Morgan fingerprint density at radius 3 is 2.70 bits per heavy atom. The number of nitrogens with zero attached hydrogens (tertiary/aromatic N) is 3. The zero-order valence-electron chi connectivity index (χ0n) is 13.7. The number of hydrogen-bond donors (Lipinski definition) is 1. The third-order valence-electron chi connectivity index (χ3n) is 4.22. The van der Waals surface area contributed by atoms with Crippen LogP contribution in [-0.2, 0) is 0 Å². The lowest BCUT2D eigenvalue weighted by atomic mass is 10.0. The molecule has 1 aromatic carbocycles. The smallest absolute Gasteiger partial charge is 0.129 e. The molecule has 0 spiro atoms. The normalized spacial score (nSPS) is 16.7. The first kappa shape index (κ1) is 15.7. The molecule has 1 aromatic heterocycles. The summed E-state index contributed by atoms with van der Waals surface area (Å²) in [4.78, 5) is 10.9. The Hall–Kier alpha value is -2.20. The monoisotopic (exact) mass is 308 g/mol. The van der Waals surface area contributed by atoms with Crippen molar-refractivity contribution in [3.63, 3.8) is 0 Å². The molecule has 0 aliphatic carbocycles. The number of rotatable bonds is 5. The second kappa shape index (κ2) is 7.88. The van der Waals surface area contributed by atoms with Crippen LogP contribution in [0.1, 0.15) is 24.1 Å². The third kappa shape index (κ3) is 4.89. The minimum atomic E-state index is 0.513. The van der Waals surface area contributed by atoms with E-state index in [2.05, 4.69) is 56.6 Å². The summed E-state index contributed by atoms with van der Waals surface area (Å²) in [5.41, 5.74) is 2.27. The van der Waals surface area contributed by atoms with Crippen molar-refractivity contribution in [3.8, 4) is 0 Å². The van der Waals surface area contributed by atoms with E-state index in [1.807, 2.05) is 19.1 Å². The second-order valence-electron chi connectivity index (χ2n) is 6.08. The number of likely N-dealkylation sites (tertiary alicyclic amines) is 1. The summed E-state index contributed by atoms with van der Waals surface area (Å²) in [6, 6.07) is 13.0. The Kier molecular flexibility index (Phi) is 5.37. The van der Waals surface area contributed by atoms with Gasteiger partial charge in [-0.3, -0.25) is 4.90 Å². The average Bonchev–Trinajstić information content (AvgIpc) is 2.58. The summed E-state index contributed by atoms with van der Waals surface area (Å²) < 4.78 is 0. The van der Waals surface area contributed by atoms with Crippen LogP contribution in [-0.4, -0.2) is 40.5 Å². The Morgan fingerprint density at radius 2 is 1.96 bits per heavy atom. The van der Waals surface area contributed by atoms with Gasteiger partial charge in [0.1, 0.15) is 12.1 Å². The lowest BCUT2D eigenvalue weighted by Gasteiger charge is -2.31. The van der Waals surface area contributed by atoms with Crippen LogP contribution < -0.4 is 5.32 Å². The van der Waals surface area contributed by atoms with Gasteiger partial charge >= 0.3 is 0 Å². The third-order valence-corrected chi connectivity index (χ3v) is 4.22. The lowest BCUT2D eigenvalue weighted by Crippen LogP contribution is -2.39. The van der Waals surface area contributed by atoms with E-state index in [0.29, 0.717) is 6.04 Å². The van der Waals surface area contributed by atoms with E-state index in [-0.39, 0.29) is 0 Å². The first-order chi connectivity index (χ1) is 11.3. The molecule has 4 heteroatoms. The highest BCUT2D eigenvalue weighted by molar-refractivity contribution is 5.48. The van der Waals surface area contributed by atoms with E-state index in [1.165, 1.54) is 5.56 Å². The van der Waals surface area contributed by atoms with Crippen LogP contribution in [0.2, 0.25) is 0 Å².